The lowest BCUT2D eigenvalue weighted by atomic mass is 9.91. The van der Waals surface area contributed by atoms with Crippen molar-refractivity contribution in [3.8, 4) is 0 Å². The van der Waals surface area contributed by atoms with Crippen LogP contribution < -0.4 is 16.4 Å². The molecule has 0 saturated carbocycles. The van der Waals surface area contributed by atoms with E-state index in [1.165, 1.54) is 0 Å². The van der Waals surface area contributed by atoms with Gasteiger partial charge in [-0.25, -0.2) is 4.79 Å². The molecule has 0 heterocycles. The van der Waals surface area contributed by atoms with Crippen molar-refractivity contribution < 1.29 is 4.79 Å². The van der Waals surface area contributed by atoms with Gasteiger partial charge in [-0.05, 0) is 26.2 Å². The molecule has 0 spiro atoms. The standard InChI is InChI=1S/C10H23N3O/c1-5-12-9(14)13-10(4,7-11)6-8(2)3/h8H,5-7,11H2,1-4H3,(H2,12,13,14). The van der Waals surface area contributed by atoms with E-state index in [0.29, 0.717) is 19.0 Å². The summed E-state index contributed by atoms with van der Waals surface area (Å²) in [6.45, 7) is 9.20. The highest BCUT2D eigenvalue weighted by Gasteiger charge is 2.25. The van der Waals surface area contributed by atoms with Gasteiger partial charge in [-0.1, -0.05) is 13.8 Å². The topological polar surface area (TPSA) is 67.2 Å². The van der Waals surface area contributed by atoms with Crippen LogP contribution in [0.25, 0.3) is 0 Å². The van der Waals surface area contributed by atoms with Crippen LogP contribution in [0.3, 0.4) is 0 Å². The molecule has 1 unspecified atom stereocenters. The molecule has 1 atom stereocenters. The molecule has 0 radical (unpaired) electrons. The first-order valence-corrected chi connectivity index (χ1v) is 5.19. The fraction of sp³-hybridized carbons (Fsp3) is 0.900. The van der Waals surface area contributed by atoms with Gasteiger partial charge in [0, 0.05) is 13.1 Å². The first-order valence-electron chi connectivity index (χ1n) is 5.19. The van der Waals surface area contributed by atoms with Crippen molar-refractivity contribution in [1.82, 2.24) is 10.6 Å². The third-order valence-corrected chi connectivity index (χ3v) is 2.06. The Bertz CT molecular complexity index is 182. The van der Waals surface area contributed by atoms with Crippen molar-refractivity contribution in [3.05, 3.63) is 0 Å². The lowest BCUT2D eigenvalue weighted by molar-refractivity contribution is 0.222. The van der Waals surface area contributed by atoms with E-state index >= 15 is 0 Å². The Kier molecular flexibility index (Phi) is 5.53. The Labute approximate surface area is 86.6 Å². The number of amides is 2. The molecule has 84 valence electrons. The number of carbonyl (C=O) groups is 1. The van der Waals surface area contributed by atoms with E-state index in [-0.39, 0.29) is 11.6 Å². The van der Waals surface area contributed by atoms with E-state index in [2.05, 4.69) is 24.5 Å². The largest absolute Gasteiger partial charge is 0.338 e. The third kappa shape index (κ3) is 5.07. The van der Waals surface area contributed by atoms with Crippen LogP contribution in [0, 0.1) is 5.92 Å². The minimum atomic E-state index is -0.298. The number of rotatable bonds is 5. The molecule has 0 rings (SSSR count). The van der Waals surface area contributed by atoms with Crippen molar-refractivity contribution in [1.29, 1.82) is 0 Å². The Morgan fingerprint density at radius 2 is 2.07 bits per heavy atom. The highest BCUT2D eigenvalue weighted by Crippen LogP contribution is 2.14. The molecule has 0 aromatic heterocycles. The van der Waals surface area contributed by atoms with E-state index < -0.39 is 0 Å². The second kappa shape index (κ2) is 5.86. The summed E-state index contributed by atoms with van der Waals surface area (Å²) in [5, 5.41) is 5.60. The quantitative estimate of drug-likeness (QED) is 0.623. The zero-order valence-corrected chi connectivity index (χ0v) is 9.68. The Hall–Kier alpha value is -0.770. The maximum Gasteiger partial charge on any atom is 0.315 e. The second-order valence-corrected chi connectivity index (χ2v) is 4.35. The number of urea groups is 1. The van der Waals surface area contributed by atoms with E-state index in [4.69, 9.17) is 5.73 Å². The SMILES string of the molecule is CCNC(=O)NC(C)(CN)CC(C)C. The van der Waals surface area contributed by atoms with Crippen LogP contribution in [-0.2, 0) is 0 Å². The highest BCUT2D eigenvalue weighted by atomic mass is 16.2. The van der Waals surface area contributed by atoms with Gasteiger partial charge in [-0.15, -0.1) is 0 Å². The summed E-state index contributed by atoms with van der Waals surface area (Å²) < 4.78 is 0. The van der Waals surface area contributed by atoms with Gasteiger partial charge in [-0.3, -0.25) is 0 Å². The summed E-state index contributed by atoms with van der Waals surface area (Å²) >= 11 is 0. The number of nitrogens with one attached hydrogen (secondary N) is 2. The first kappa shape index (κ1) is 13.2. The Balaban J connectivity index is 4.17. The predicted octanol–water partition coefficient (Wildman–Crippen LogP) is 1.07. The molecule has 14 heavy (non-hydrogen) atoms. The van der Waals surface area contributed by atoms with E-state index in [0.717, 1.165) is 6.42 Å². The molecular formula is C10H23N3O. The smallest absolute Gasteiger partial charge is 0.315 e. The molecule has 0 aromatic rings. The average Bonchev–Trinajstić information content (AvgIpc) is 2.02. The van der Waals surface area contributed by atoms with Gasteiger partial charge in [0.2, 0.25) is 0 Å². The Morgan fingerprint density at radius 3 is 2.43 bits per heavy atom. The van der Waals surface area contributed by atoms with Gasteiger partial charge in [0.25, 0.3) is 0 Å². The van der Waals surface area contributed by atoms with Crippen LogP contribution in [0.15, 0.2) is 0 Å². The van der Waals surface area contributed by atoms with Gasteiger partial charge in [0.15, 0.2) is 0 Å². The first-order chi connectivity index (χ1) is 6.43. The van der Waals surface area contributed by atoms with Crippen LogP contribution in [0.1, 0.15) is 34.1 Å². The van der Waals surface area contributed by atoms with Crippen molar-refractivity contribution in [2.45, 2.75) is 39.7 Å². The third-order valence-electron chi connectivity index (χ3n) is 2.06. The van der Waals surface area contributed by atoms with E-state index in [1.807, 2.05) is 13.8 Å². The normalized spacial score (nSPS) is 15.0. The van der Waals surface area contributed by atoms with Crippen LogP contribution in [0.5, 0.6) is 0 Å². The van der Waals surface area contributed by atoms with Gasteiger partial charge < -0.3 is 16.4 Å². The molecule has 4 nitrogen and oxygen atoms in total. The average molecular weight is 201 g/mol. The highest BCUT2D eigenvalue weighted by molar-refractivity contribution is 5.74. The Morgan fingerprint density at radius 1 is 1.50 bits per heavy atom. The number of nitrogens with two attached hydrogens (primary N) is 1. The van der Waals surface area contributed by atoms with Crippen LogP contribution >= 0.6 is 0 Å². The summed E-state index contributed by atoms with van der Waals surface area (Å²) in [5.74, 6) is 0.519. The molecule has 2 amide bonds. The second-order valence-electron chi connectivity index (χ2n) is 4.35. The molecule has 4 heteroatoms. The van der Waals surface area contributed by atoms with Crippen LogP contribution in [0.2, 0.25) is 0 Å². The fourth-order valence-electron chi connectivity index (χ4n) is 1.57. The molecular weight excluding hydrogens is 178 g/mol. The molecule has 0 bridgehead atoms. The van der Waals surface area contributed by atoms with Gasteiger partial charge >= 0.3 is 6.03 Å². The molecule has 0 aliphatic rings. The molecule has 0 aliphatic heterocycles. The van der Waals surface area contributed by atoms with Crippen molar-refractivity contribution in [2.75, 3.05) is 13.1 Å². The lowest BCUT2D eigenvalue weighted by Gasteiger charge is -2.31. The molecule has 0 saturated heterocycles. The van der Waals surface area contributed by atoms with Gasteiger partial charge in [-0.2, -0.15) is 0 Å². The minimum absolute atomic E-state index is 0.138. The monoisotopic (exact) mass is 201 g/mol. The summed E-state index contributed by atoms with van der Waals surface area (Å²) in [7, 11) is 0. The van der Waals surface area contributed by atoms with Crippen molar-refractivity contribution >= 4 is 6.03 Å². The summed E-state index contributed by atoms with van der Waals surface area (Å²) in [4.78, 5) is 11.3. The molecule has 4 N–H and O–H groups in total. The lowest BCUT2D eigenvalue weighted by Crippen LogP contribution is -2.55. The summed E-state index contributed by atoms with van der Waals surface area (Å²) in [5.41, 5.74) is 5.36. The number of carbonyl (C=O) groups excluding carboxylic acids is 1. The summed E-state index contributed by atoms with van der Waals surface area (Å²) in [6, 6.07) is -0.138. The maximum absolute atomic E-state index is 11.3. The van der Waals surface area contributed by atoms with E-state index in [1.54, 1.807) is 0 Å². The maximum atomic E-state index is 11.3. The van der Waals surface area contributed by atoms with E-state index in [9.17, 15) is 4.79 Å². The minimum Gasteiger partial charge on any atom is -0.338 e. The molecule has 0 aromatic carbocycles. The zero-order valence-electron chi connectivity index (χ0n) is 9.68. The number of hydrogen-bond donors (Lipinski definition) is 3. The van der Waals surface area contributed by atoms with Gasteiger partial charge in [0.05, 0.1) is 5.54 Å². The van der Waals surface area contributed by atoms with Crippen molar-refractivity contribution in [2.24, 2.45) is 11.7 Å². The fourth-order valence-corrected chi connectivity index (χ4v) is 1.57. The molecule has 0 aliphatic carbocycles. The van der Waals surface area contributed by atoms with Gasteiger partial charge in [0.1, 0.15) is 0 Å². The van der Waals surface area contributed by atoms with Crippen LogP contribution in [0.4, 0.5) is 4.79 Å². The predicted molar refractivity (Wildman–Crippen MR) is 59.1 cm³/mol. The number of hydrogen-bond acceptors (Lipinski definition) is 2. The molecule has 0 fully saturated rings. The summed E-state index contributed by atoms with van der Waals surface area (Å²) in [6.07, 6.45) is 0.890. The van der Waals surface area contributed by atoms with Crippen LogP contribution in [-0.4, -0.2) is 24.7 Å². The zero-order chi connectivity index (χ0) is 11.2. The van der Waals surface area contributed by atoms with Crippen molar-refractivity contribution in [3.63, 3.8) is 0 Å².